The van der Waals surface area contributed by atoms with Gasteiger partial charge in [0, 0.05) is 6.42 Å². The molecule has 0 fully saturated rings. The Morgan fingerprint density at radius 1 is 0.889 bits per heavy atom. The number of alkyl halides is 4. The fraction of sp³-hybridized carbons (Fsp3) is 1.00. The van der Waals surface area contributed by atoms with Crippen LogP contribution in [0.1, 0.15) is 6.42 Å². The fourth-order valence-corrected chi connectivity index (χ4v) is 0.403. The van der Waals surface area contributed by atoms with Gasteiger partial charge in [-0.1, -0.05) is 0 Å². The zero-order valence-electron chi connectivity index (χ0n) is 4.79. The third-order valence-electron chi connectivity index (χ3n) is 0.846. The van der Waals surface area contributed by atoms with Crippen molar-refractivity contribution in [1.82, 2.24) is 0 Å². The zero-order chi connectivity index (χ0) is 7.28. The largest absolute Gasteiger partial charge is 0.248 e. The lowest BCUT2D eigenvalue weighted by Crippen LogP contribution is -2.13. The Morgan fingerprint density at radius 2 is 1.22 bits per heavy atom. The summed E-state index contributed by atoms with van der Waals surface area (Å²) in [6, 6.07) is 0. The van der Waals surface area contributed by atoms with Gasteiger partial charge in [-0.05, 0) is 0 Å². The fourth-order valence-electron chi connectivity index (χ4n) is 0.403. The van der Waals surface area contributed by atoms with E-state index in [2.05, 4.69) is 0 Å². The Bertz CT molecular complexity index is 58.0. The van der Waals surface area contributed by atoms with Crippen LogP contribution < -0.4 is 0 Å². The second-order valence-corrected chi connectivity index (χ2v) is 1.74. The number of hydrogen-bond acceptors (Lipinski definition) is 0. The maximum Gasteiger partial charge on any atom is 0.131 e. The number of rotatable bonds is 4. The van der Waals surface area contributed by atoms with Crippen LogP contribution in [0.4, 0.5) is 17.6 Å². The summed E-state index contributed by atoms with van der Waals surface area (Å²) in [5, 5.41) is 0. The number of halogens is 4. The highest BCUT2D eigenvalue weighted by Crippen LogP contribution is 2.06. The van der Waals surface area contributed by atoms with Crippen LogP contribution in [0.5, 0.6) is 0 Å². The summed E-state index contributed by atoms with van der Waals surface area (Å²) >= 11 is 0. The molecule has 0 spiro atoms. The maximum atomic E-state index is 11.8. The molecule has 0 bridgehead atoms. The van der Waals surface area contributed by atoms with E-state index < -0.39 is 32.1 Å². The Kier molecular flexibility index (Phi) is 4.44. The van der Waals surface area contributed by atoms with Gasteiger partial charge in [-0.2, -0.15) is 0 Å². The van der Waals surface area contributed by atoms with Gasteiger partial charge in [0.05, 0.1) is 0 Å². The first-order valence-electron chi connectivity index (χ1n) is 2.60. The molecule has 0 saturated heterocycles. The van der Waals surface area contributed by atoms with Crippen molar-refractivity contribution in [3.63, 3.8) is 0 Å². The van der Waals surface area contributed by atoms with E-state index in [4.69, 9.17) is 0 Å². The van der Waals surface area contributed by atoms with Crippen molar-refractivity contribution < 1.29 is 17.6 Å². The lowest BCUT2D eigenvalue weighted by molar-refractivity contribution is 0.165. The highest BCUT2D eigenvalue weighted by atomic mass is 19.2. The summed E-state index contributed by atoms with van der Waals surface area (Å²) in [6.45, 7) is -2.47. The minimum Gasteiger partial charge on any atom is -0.248 e. The molecule has 4 heteroatoms. The van der Waals surface area contributed by atoms with Crippen molar-refractivity contribution in [1.29, 1.82) is 0 Å². The molecule has 2 unspecified atom stereocenters. The Morgan fingerprint density at radius 3 is 1.44 bits per heavy atom. The smallest absolute Gasteiger partial charge is 0.131 e. The summed E-state index contributed by atoms with van der Waals surface area (Å²) in [7, 11) is 0. The van der Waals surface area contributed by atoms with Crippen LogP contribution in [0, 0.1) is 0 Å². The van der Waals surface area contributed by atoms with Gasteiger partial charge in [-0.15, -0.1) is 0 Å². The first-order chi connectivity index (χ1) is 4.20. The van der Waals surface area contributed by atoms with Gasteiger partial charge in [-0.3, -0.25) is 0 Å². The molecule has 0 amide bonds. The molecule has 2 atom stereocenters. The molecule has 0 saturated carbocycles. The van der Waals surface area contributed by atoms with E-state index in [0.29, 0.717) is 0 Å². The molecule has 56 valence electrons. The van der Waals surface area contributed by atoms with Gasteiger partial charge < -0.3 is 0 Å². The van der Waals surface area contributed by atoms with Crippen LogP contribution in [0.3, 0.4) is 0 Å². The minimum absolute atomic E-state index is 0.674. The molecular formula is C5H8F4. The molecule has 0 aromatic rings. The van der Waals surface area contributed by atoms with Crippen LogP contribution >= 0.6 is 0 Å². The molecule has 0 N–H and O–H groups in total. The van der Waals surface area contributed by atoms with Crippen molar-refractivity contribution in [3.8, 4) is 0 Å². The van der Waals surface area contributed by atoms with Crippen molar-refractivity contribution in [2.75, 3.05) is 13.3 Å². The summed E-state index contributed by atoms with van der Waals surface area (Å²) < 4.78 is 46.0. The third-order valence-corrected chi connectivity index (χ3v) is 0.846. The monoisotopic (exact) mass is 144 g/mol. The SMILES string of the molecule is FCC(F)CC(F)CF. The van der Waals surface area contributed by atoms with Gasteiger partial charge in [0.1, 0.15) is 25.7 Å². The van der Waals surface area contributed by atoms with Crippen LogP contribution in [-0.4, -0.2) is 25.7 Å². The summed E-state index contributed by atoms with van der Waals surface area (Å²) in [5.74, 6) is 0. The summed E-state index contributed by atoms with van der Waals surface area (Å²) in [6.07, 6.45) is -4.38. The molecule has 0 rings (SSSR count). The molecular weight excluding hydrogens is 136 g/mol. The Balaban J connectivity index is 3.22. The molecule has 9 heavy (non-hydrogen) atoms. The van der Waals surface area contributed by atoms with Crippen LogP contribution in [-0.2, 0) is 0 Å². The predicted octanol–water partition coefficient (Wildman–Crippen LogP) is 1.99. The van der Waals surface area contributed by atoms with E-state index in [0.717, 1.165) is 0 Å². The lowest BCUT2D eigenvalue weighted by atomic mass is 10.2. The Hall–Kier alpha value is -0.280. The van der Waals surface area contributed by atoms with Gasteiger partial charge in [-0.25, -0.2) is 17.6 Å². The highest BCUT2D eigenvalue weighted by Gasteiger charge is 2.13. The van der Waals surface area contributed by atoms with Crippen molar-refractivity contribution >= 4 is 0 Å². The normalized spacial score (nSPS) is 17.3. The lowest BCUT2D eigenvalue weighted by Gasteiger charge is -2.03. The Labute approximate surface area is 50.9 Å². The molecule has 0 radical (unpaired) electrons. The predicted molar refractivity (Wildman–Crippen MR) is 26.4 cm³/mol. The summed E-state index contributed by atoms with van der Waals surface area (Å²) in [5.41, 5.74) is 0. The first kappa shape index (κ1) is 8.72. The molecule has 0 aliphatic carbocycles. The second kappa shape index (κ2) is 4.58. The average molecular weight is 144 g/mol. The number of hydrogen-bond donors (Lipinski definition) is 0. The van der Waals surface area contributed by atoms with Gasteiger partial charge in [0.2, 0.25) is 0 Å². The zero-order valence-corrected chi connectivity index (χ0v) is 4.79. The first-order valence-corrected chi connectivity index (χ1v) is 2.60. The topological polar surface area (TPSA) is 0 Å². The molecule has 0 aliphatic rings. The third kappa shape index (κ3) is 4.24. The molecule has 0 heterocycles. The maximum absolute atomic E-state index is 11.8. The molecule has 0 aromatic heterocycles. The summed E-state index contributed by atoms with van der Waals surface area (Å²) in [4.78, 5) is 0. The van der Waals surface area contributed by atoms with Crippen LogP contribution in [0.15, 0.2) is 0 Å². The average Bonchev–Trinajstić information content (AvgIpc) is 1.87. The van der Waals surface area contributed by atoms with Crippen molar-refractivity contribution in [2.45, 2.75) is 18.8 Å². The molecule has 0 aliphatic heterocycles. The van der Waals surface area contributed by atoms with E-state index in [-0.39, 0.29) is 0 Å². The quantitative estimate of drug-likeness (QED) is 0.529. The van der Waals surface area contributed by atoms with Gasteiger partial charge in [0.25, 0.3) is 0 Å². The molecule has 0 aromatic carbocycles. The van der Waals surface area contributed by atoms with Gasteiger partial charge >= 0.3 is 0 Å². The highest BCUT2D eigenvalue weighted by molar-refractivity contribution is 4.61. The molecule has 0 nitrogen and oxygen atoms in total. The minimum atomic E-state index is -1.85. The van der Waals surface area contributed by atoms with Crippen LogP contribution in [0.2, 0.25) is 0 Å². The van der Waals surface area contributed by atoms with E-state index in [9.17, 15) is 17.6 Å². The van der Waals surface area contributed by atoms with E-state index in [1.54, 1.807) is 0 Å². The second-order valence-electron chi connectivity index (χ2n) is 1.74. The van der Waals surface area contributed by atoms with Gasteiger partial charge in [0.15, 0.2) is 0 Å². The van der Waals surface area contributed by atoms with E-state index >= 15 is 0 Å². The van der Waals surface area contributed by atoms with E-state index in [1.807, 2.05) is 0 Å². The van der Waals surface area contributed by atoms with E-state index in [1.165, 1.54) is 0 Å². The standard InChI is InChI=1S/C5H8F4/c6-2-4(8)1-5(9)3-7/h4-5H,1-3H2. The van der Waals surface area contributed by atoms with Crippen molar-refractivity contribution in [2.24, 2.45) is 0 Å². The van der Waals surface area contributed by atoms with Crippen LogP contribution in [0.25, 0.3) is 0 Å². The van der Waals surface area contributed by atoms with Crippen molar-refractivity contribution in [3.05, 3.63) is 0 Å².